The zero-order valence-corrected chi connectivity index (χ0v) is 14.1. The van der Waals surface area contributed by atoms with Gasteiger partial charge in [-0.15, -0.1) is 0 Å². The van der Waals surface area contributed by atoms with E-state index < -0.39 is 0 Å². The zero-order chi connectivity index (χ0) is 16.5. The molecule has 0 aromatic heterocycles. The van der Waals surface area contributed by atoms with Gasteiger partial charge in [0, 0.05) is 0 Å². The normalized spacial score (nSPS) is 17.0. The summed E-state index contributed by atoms with van der Waals surface area (Å²) in [5, 5.41) is 0. The van der Waals surface area contributed by atoms with Gasteiger partial charge in [0.05, 0.1) is 0 Å². The molecule has 0 aromatic carbocycles. The van der Waals surface area contributed by atoms with Crippen LogP contribution in [-0.4, -0.2) is 0 Å². The first kappa shape index (κ1) is 19.7. The van der Waals surface area contributed by atoms with E-state index in [4.69, 9.17) is 0 Å². The van der Waals surface area contributed by atoms with E-state index >= 15 is 0 Å². The van der Waals surface area contributed by atoms with Crippen molar-refractivity contribution in [1.82, 2.24) is 0 Å². The van der Waals surface area contributed by atoms with Gasteiger partial charge in [-0.1, -0.05) is 97.7 Å². The third-order valence-corrected chi connectivity index (χ3v) is 2.81. The fourth-order valence-corrected chi connectivity index (χ4v) is 1.61. The fourth-order valence-electron chi connectivity index (χ4n) is 1.61. The van der Waals surface area contributed by atoms with Gasteiger partial charge in [0.1, 0.15) is 0 Å². The molecular weight excluding hydrogens is 264 g/mol. The van der Waals surface area contributed by atoms with Crippen LogP contribution in [0.5, 0.6) is 0 Å². The van der Waals surface area contributed by atoms with Crippen LogP contribution < -0.4 is 0 Å². The van der Waals surface area contributed by atoms with Crippen LogP contribution in [0.25, 0.3) is 0 Å². The highest BCUT2D eigenvalue weighted by molar-refractivity contribution is 5.38. The molecule has 0 saturated carbocycles. The molecule has 116 valence electrons. The SMILES string of the molecule is C=C/C=C\C=C/C.C\C=C/C=C\C=C/C(C)=C1\C=CC=CC1. The molecule has 0 N–H and O–H groups in total. The Balaban J connectivity index is 0.000000534. The molecule has 1 aliphatic rings. The number of rotatable bonds is 5. The van der Waals surface area contributed by atoms with Crippen LogP contribution in [0, 0.1) is 0 Å². The van der Waals surface area contributed by atoms with Crippen LogP contribution in [0.15, 0.2) is 109 Å². The number of hydrogen-bond donors (Lipinski definition) is 0. The number of hydrogen-bond acceptors (Lipinski definition) is 0. The van der Waals surface area contributed by atoms with Crippen molar-refractivity contribution in [2.75, 3.05) is 0 Å². The van der Waals surface area contributed by atoms with E-state index in [9.17, 15) is 0 Å². The maximum atomic E-state index is 3.51. The van der Waals surface area contributed by atoms with Crippen molar-refractivity contribution in [2.24, 2.45) is 0 Å². The summed E-state index contributed by atoms with van der Waals surface area (Å²) in [5.74, 6) is 0. The van der Waals surface area contributed by atoms with Crippen LogP contribution in [0.1, 0.15) is 27.2 Å². The molecule has 0 bridgehead atoms. The molecule has 1 aliphatic carbocycles. The molecule has 0 nitrogen and oxygen atoms in total. The minimum Gasteiger partial charge on any atom is -0.0991 e. The molecule has 0 aromatic rings. The van der Waals surface area contributed by atoms with Gasteiger partial charge in [-0.05, 0) is 38.3 Å². The lowest BCUT2D eigenvalue weighted by molar-refractivity contribution is 1.21. The lowest BCUT2D eigenvalue weighted by Crippen LogP contribution is -1.84. The highest BCUT2D eigenvalue weighted by Gasteiger charge is 1.95. The second-order valence-corrected chi connectivity index (χ2v) is 4.62. The summed E-state index contributed by atoms with van der Waals surface area (Å²) in [4.78, 5) is 0. The van der Waals surface area contributed by atoms with Crippen LogP contribution in [0.3, 0.4) is 0 Å². The predicted molar refractivity (Wildman–Crippen MR) is 103 cm³/mol. The van der Waals surface area contributed by atoms with E-state index in [1.807, 2.05) is 62.5 Å². The molecule has 0 amide bonds. The van der Waals surface area contributed by atoms with E-state index in [1.54, 1.807) is 6.08 Å². The Morgan fingerprint density at radius 3 is 2.09 bits per heavy atom. The molecule has 1 rings (SSSR count). The van der Waals surface area contributed by atoms with Crippen molar-refractivity contribution in [1.29, 1.82) is 0 Å². The Bertz CT molecular complexity index is 526. The first-order chi connectivity index (χ1) is 10.8. The summed E-state index contributed by atoms with van der Waals surface area (Å²) in [6.45, 7) is 9.66. The summed E-state index contributed by atoms with van der Waals surface area (Å²) >= 11 is 0. The highest BCUT2D eigenvalue weighted by Crippen LogP contribution is 2.15. The molecule has 0 saturated heterocycles. The Morgan fingerprint density at radius 2 is 1.55 bits per heavy atom. The second kappa shape index (κ2) is 15.1. The zero-order valence-electron chi connectivity index (χ0n) is 14.1. The van der Waals surface area contributed by atoms with Gasteiger partial charge in [0.15, 0.2) is 0 Å². The Kier molecular flexibility index (Phi) is 13.5. The monoisotopic (exact) mass is 292 g/mol. The van der Waals surface area contributed by atoms with Crippen LogP contribution in [0.4, 0.5) is 0 Å². The summed E-state index contributed by atoms with van der Waals surface area (Å²) in [6.07, 6.45) is 31.4. The van der Waals surface area contributed by atoms with Crippen molar-refractivity contribution >= 4 is 0 Å². The van der Waals surface area contributed by atoms with Gasteiger partial charge in [-0.25, -0.2) is 0 Å². The lowest BCUT2D eigenvalue weighted by atomic mass is 10.0. The predicted octanol–water partition coefficient (Wildman–Crippen LogP) is 6.81. The minimum atomic E-state index is 1.05. The van der Waals surface area contributed by atoms with Crippen LogP contribution in [-0.2, 0) is 0 Å². The van der Waals surface area contributed by atoms with Gasteiger partial charge in [-0.2, -0.15) is 0 Å². The maximum Gasteiger partial charge on any atom is -0.00917 e. The van der Waals surface area contributed by atoms with E-state index in [0.29, 0.717) is 0 Å². The fraction of sp³-hybridized carbons (Fsp3) is 0.182. The Labute approximate surface area is 136 Å². The summed E-state index contributed by atoms with van der Waals surface area (Å²) in [7, 11) is 0. The molecular formula is C22H28. The molecule has 0 spiro atoms. The smallest absolute Gasteiger partial charge is 0.00917 e. The van der Waals surface area contributed by atoms with E-state index in [2.05, 4.69) is 50.0 Å². The third kappa shape index (κ3) is 11.5. The molecule has 0 radical (unpaired) electrons. The van der Waals surface area contributed by atoms with Gasteiger partial charge in [0.25, 0.3) is 0 Å². The average Bonchev–Trinajstić information content (AvgIpc) is 2.56. The molecule has 0 fully saturated rings. The highest BCUT2D eigenvalue weighted by atomic mass is 14.0. The van der Waals surface area contributed by atoms with Crippen LogP contribution >= 0.6 is 0 Å². The van der Waals surface area contributed by atoms with Gasteiger partial charge in [-0.3, -0.25) is 0 Å². The van der Waals surface area contributed by atoms with Gasteiger partial charge in [0.2, 0.25) is 0 Å². The van der Waals surface area contributed by atoms with E-state index in [-0.39, 0.29) is 0 Å². The molecule has 0 aliphatic heterocycles. The summed E-state index contributed by atoms with van der Waals surface area (Å²) in [5.41, 5.74) is 2.73. The average molecular weight is 292 g/mol. The number of allylic oxidation sites excluding steroid dienone is 17. The minimum absolute atomic E-state index is 1.05. The first-order valence-corrected chi connectivity index (χ1v) is 7.65. The lowest BCUT2D eigenvalue weighted by Gasteiger charge is -2.04. The second-order valence-electron chi connectivity index (χ2n) is 4.62. The first-order valence-electron chi connectivity index (χ1n) is 7.65. The van der Waals surface area contributed by atoms with Crippen molar-refractivity contribution < 1.29 is 0 Å². The third-order valence-electron chi connectivity index (χ3n) is 2.81. The van der Waals surface area contributed by atoms with E-state index in [1.165, 1.54) is 11.1 Å². The van der Waals surface area contributed by atoms with Crippen molar-refractivity contribution in [3.05, 3.63) is 109 Å². The van der Waals surface area contributed by atoms with Gasteiger partial charge < -0.3 is 0 Å². The summed E-state index contributed by atoms with van der Waals surface area (Å²) in [6, 6.07) is 0. The van der Waals surface area contributed by atoms with Gasteiger partial charge >= 0.3 is 0 Å². The quantitative estimate of drug-likeness (QED) is 0.488. The van der Waals surface area contributed by atoms with Crippen molar-refractivity contribution in [2.45, 2.75) is 27.2 Å². The topological polar surface area (TPSA) is 0 Å². The molecule has 0 unspecified atom stereocenters. The maximum absolute atomic E-state index is 3.51. The van der Waals surface area contributed by atoms with E-state index in [0.717, 1.165) is 6.42 Å². The van der Waals surface area contributed by atoms with Crippen molar-refractivity contribution in [3.63, 3.8) is 0 Å². The van der Waals surface area contributed by atoms with Crippen molar-refractivity contribution in [3.8, 4) is 0 Å². The molecule has 22 heavy (non-hydrogen) atoms. The molecule has 0 atom stereocenters. The standard InChI is InChI=1S/C15H18.C7H10/c1-3-4-5-6-8-11-14(2)15-12-9-7-10-13-15;1-3-5-7-6-4-2/h3-12H,13H2,1-2H3;3-7H,1H2,2H3/b4-3-,6-5-,11-8-,15-14+;6-4-,7-5-. The largest absolute Gasteiger partial charge is 0.0991 e. The Morgan fingerprint density at radius 1 is 0.909 bits per heavy atom. The molecule has 0 heteroatoms. The Hall–Kier alpha value is -2.34. The molecule has 0 heterocycles. The van der Waals surface area contributed by atoms with Crippen LogP contribution in [0.2, 0.25) is 0 Å². The summed E-state index contributed by atoms with van der Waals surface area (Å²) < 4.78 is 0.